The van der Waals surface area contributed by atoms with E-state index in [4.69, 9.17) is 0 Å². The van der Waals surface area contributed by atoms with Crippen molar-refractivity contribution >= 4 is 27.1 Å². The summed E-state index contributed by atoms with van der Waals surface area (Å²) in [5.41, 5.74) is 1.38. The zero-order valence-electron chi connectivity index (χ0n) is 10.1. The fourth-order valence-corrected chi connectivity index (χ4v) is 3.37. The molecule has 0 saturated carbocycles. The van der Waals surface area contributed by atoms with Crippen molar-refractivity contribution in [3.63, 3.8) is 0 Å². The summed E-state index contributed by atoms with van der Waals surface area (Å²) in [5.74, 6) is 0. The van der Waals surface area contributed by atoms with Crippen LogP contribution in [0.15, 0.2) is 29.6 Å². The van der Waals surface area contributed by atoms with Gasteiger partial charge in [0, 0.05) is 36.1 Å². The molecule has 1 aromatic heterocycles. The molecule has 1 atom stereocenters. The highest BCUT2D eigenvalue weighted by Crippen LogP contribution is 2.28. The molecule has 1 unspecified atom stereocenters. The Hall–Kier alpha value is -1.06. The SMILES string of the molecule is CCC1CNCCN1c1ccc2sccc2c1. The molecule has 1 aromatic carbocycles. The molecule has 0 radical (unpaired) electrons. The van der Waals surface area contributed by atoms with Crippen LogP contribution < -0.4 is 10.2 Å². The van der Waals surface area contributed by atoms with Crippen LogP contribution in [0.2, 0.25) is 0 Å². The van der Waals surface area contributed by atoms with Gasteiger partial charge in [-0.05, 0) is 41.5 Å². The Labute approximate surface area is 106 Å². The summed E-state index contributed by atoms with van der Waals surface area (Å²) in [4.78, 5) is 2.55. The number of nitrogens with zero attached hydrogens (tertiary/aromatic N) is 1. The minimum Gasteiger partial charge on any atom is -0.366 e. The smallest absolute Gasteiger partial charge is 0.0412 e. The number of hydrogen-bond acceptors (Lipinski definition) is 3. The van der Waals surface area contributed by atoms with Crippen molar-refractivity contribution in [2.45, 2.75) is 19.4 Å². The van der Waals surface area contributed by atoms with Gasteiger partial charge in [0.05, 0.1) is 0 Å². The van der Waals surface area contributed by atoms with Gasteiger partial charge < -0.3 is 10.2 Å². The minimum absolute atomic E-state index is 0.639. The predicted octanol–water partition coefficient (Wildman–Crippen LogP) is 3.09. The summed E-state index contributed by atoms with van der Waals surface area (Å²) in [7, 11) is 0. The Bertz CT molecular complexity index is 506. The number of thiophene rings is 1. The van der Waals surface area contributed by atoms with Crippen LogP contribution in [0.5, 0.6) is 0 Å². The van der Waals surface area contributed by atoms with Gasteiger partial charge >= 0.3 is 0 Å². The molecule has 0 amide bonds. The second-order valence-electron chi connectivity index (χ2n) is 4.60. The Morgan fingerprint density at radius 2 is 2.35 bits per heavy atom. The maximum absolute atomic E-state index is 3.48. The van der Waals surface area contributed by atoms with E-state index >= 15 is 0 Å². The van der Waals surface area contributed by atoms with E-state index in [0.29, 0.717) is 6.04 Å². The molecule has 90 valence electrons. The van der Waals surface area contributed by atoms with Crippen molar-refractivity contribution in [2.75, 3.05) is 24.5 Å². The van der Waals surface area contributed by atoms with E-state index in [1.807, 2.05) is 11.3 Å². The van der Waals surface area contributed by atoms with Gasteiger partial charge in [-0.2, -0.15) is 0 Å². The number of fused-ring (bicyclic) bond motifs is 1. The van der Waals surface area contributed by atoms with Gasteiger partial charge in [-0.15, -0.1) is 11.3 Å². The zero-order chi connectivity index (χ0) is 11.7. The highest BCUT2D eigenvalue weighted by atomic mass is 32.1. The van der Waals surface area contributed by atoms with Crippen LogP contribution in [0.25, 0.3) is 10.1 Å². The Balaban J connectivity index is 1.95. The molecular formula is C14H18N2S. The van der Waals surface area contributed by atoms with E-state index < -0.39 is 0 Å². The lowest BCUT2D eigenvalue weighted by atomic mass is 10.1. The van der Waals surface area contributed by atoms with Crippen LogP contribution in [-0.4, -0.2) is 25.7 Å². The van der Waals surface area contributed by atoms with E-state index in [1.165, 1.54) is 22.2 Å². The van der Waals surface area contributed by atoms with Crippen LogP contribution >= 0.6 is 11.3 Å². The van der Waals surface area contributed by atoms with E-state index in [0.717, 1.165) is 19.6 Å². The largest absolute Gasteiger partial charge is 0.366 e. The maximum Gasteiger partial charge on any atom is 0.0412 e. The van der Waals surface area contributed by atoms with Gasteiger partial charge in [0.1, 0.15) is 0 Å². The first-order chi connectivity index (χ1) is 8.38. The summed E-state index contributed by atoms with van der Waals surface area (Å²) < 4.78 is 1.39. The molecule has 3 rings (SSSR count). The lowest BCUT2D eigenvalue weighted by Gasteiger charge is -2.37. The fourth-order valence-electron chi connectivity index (χ4n) is 2.60. The van der Waals surface area contributed by atoms with Crippen molar-refractivity contribution < 1.29 is 0 Å². The Morgan fingerprint density at radius 3 is 3.24 bits per heavy atom. The lowest BCUT2D eigenvalue weighted by Crippen LogP contribution is -2.51. The molecule has 0 spiro atoms. The third kappa shape index (κ3) is 2.05. The molecule has 1 fully saturated rings. The molecule has 1 aliphatic rings. The molecule has 2 aromatic rings. The summed E-state index contributed by atoms with van der Waals surface area (Å²) in [6.07, 6.45) is 1.20. The first-order valence-electron chi connectivity index (χ1n) is 6.33. The molecule has 1 aliphatic heterocycles. The first-order valence-corrected chi connectivity index (χ1v) is 7.21. The number of piperazine rings is 1. The highest BCUT2D eigenvalue weighted by molar-refractivity contribution is 7.17. The Kier molecular flexibility index (Phi) is 3.04. The van der Waals surface area contributed by atoms with Crippen molar-refractivity contribution in [1.29, 1.82) is 0 Å². The monoisotopic (exact) mass is 246 g/mol. The second-order valence-corrected chi connectivity index (χ2v) is 5.55. The lowest BCUT2D eigenvalue weighted by molar-refractivity contribution is 0.466. The van der Waals surface area contributed by atoms with E-state index in [2.05, 4.69) is 46.8 Å². The molecule has 2 nitrogen and oxygen atoms in total. The summed E-state index contributed by atoms with van der Waals surface area (Å²) in [6.45, 7) is 5.60. The maximum atomic E-state index is 3.48. The van der Waals surface area contributed by atoms with Crippen LogP contribution in [0.1, 0.15) is 13.3 Å². The van der Waals surface area contributed by atoms with Gasteiger partial charge in [0.25, 0.3) is 0 Å². The number of anilines is 1. The van der Waals surface area contributed by atoms with Gasteiger partial charge in [-0.1, -0.05) is 6.92 Å². The van der Waals surface area contributed by atoms with E-state index in [1.54, 1.807) is 0 Å². The molecule has 3 heteroatoms. The summed E-state index contributed by atoms with van der Waals surface area (Å²) in [6, 6.07) is 9.71. The highest BCUT2D eigenvalue weighted by Gasteiger charge is 2.20. The molecule has 17 heavy (non-hydrogen) atoms. The zero-order valence-corrected chi connectivity index (χ0v) is 11.0. The van der Waals surface area contributed by atoms with E-state index in [-0.39, 0.29) is 0 Å². The average Bonchev–Trinajstić information content (AvgIpc) is 2.85. The van der Waals surface area contributed by atoms with Crippen LogP contribution in [0.3, 0.4) is 0 Å². The van der Waals surface area contributed by atoms with Gasteiger partial charge in [0.15, 0.2) is 0 Å². The van der Waals surface area contributed by atoms with Crippen LogP contribution in [0.4, 0.5) is 5.69 Å². The van der Waals surface area contributed by atoms with Gasteiger partial charge in [-0.3, -0.25) is 0 Å². The van der Waals surface area contributed by atoms with Crippen molar-refractivity contribution in [3.8, 4) is 0 Å². The van der Waals surface area contributed by atoms with Crippen molar-refractivity contribution in [3.05, 3.63) is 29.6 Å². The van der Waals surface area contributed by atoms with Gasteiger partial charge in [0.2, 0.25) is 0 Å². The predicted molar refractivity (Wildman–Crippen MR) is 76.1 cm³/mol. The topological polar surface area (TPSA) is 15.3 Å². The first kappa shape index (κ1) is 11.1. The quantitative estimate of drug-likeness (QED) is 0.876. The second kappa shape index (κ2) is 4.67. The molecule has 0 bridgehead atoms. The molecule has 2 heterocycles. The number of benzene rings is 1. The molecule has 0 aliphatic carbocycles. The Morgan fingerprint density at radius 1 is 1.41 bits per heavy atom. The molecule has 1 saturated heterocycles. The van der Waals surface area contributed by atoms with Gasteiger partial charge in [-0.25, -0.2) is 0 Å². The molecule has 1 N–H and O–H groups in total. The number of nitrogens with one attached hydrogen (secondary N) is 1. The average molecular weight is 246 g/mol. The summed E-state index contributed by atoms with van der Waals surface area (Å²) in [5, 5.41) is 7.02. The third-order valence-corrected chi connectivity index (χ3v) is 4.49. The molecular weight excluding hydrogens is 228 g/mol. The van der Waals surface area contributed by atoms with Crippen LogP contribution in [0, 0.1) is 0 Å². The third-order valence-electron chi connectivity index (χ3n) is 3.59. The minimum atomic E-state index is 0.639. The van der Waals surface area contributed by atoms with Crippen molar-refractivity contribution in [2.24, 2.45) is 0 Å². The van der Waals surface area contributed by atoms with E-state index in [9.17, 15) is 0 Å². The number of hydrogen-bond donors (Lipinski definition) is 1. The van der Waals surface area contributed by atoms with Crippen LogP contribution in [-0.2, 0) is 0 Å². The fraction of sp³-hybridized carbons (Fsp3) is 0.429. The normalized spacial score (nSPS) is 21.0. The van der Waals surface area contributed by atoms with Crippen molar-refractivity contribution in [1.82, 2.24) is 5.32 Å². The number of rotatable bonds is 2. The summed E-state index contributed by atoms with van der Waals surface area (Å²) >= 11 is 1.82. The standard InChI is InChI=1S/C14H18N2S/c1-2-12-10-15-6-7-16(12)13-3-4-14-11(9-13)5-8-17-14/h3-5,8-9,12,15H,2,6-7,10H2,1H3.